The largest absolute Gasteiger partial charge is 0.332 e. The number of hydrogen-bond donors (Lipinski definition) is 0. The molecule has 3 rings (SSSR count). The van der Waals surface area contributed by atoms with E-state index in [1.165, 1.54) is 21.2 Å². The van der Waals surface area contributed by atoms with Gasteiger partial charge in [-0.15, -0.1) is 0 Å². The Morgan fingerprint density at radius 3 is 2.70 bits per heavy atom. The first-order chi connectivity index (χ1) is 9.66. The van der Waals surface area contributed by atoms with Gasteiger partial charge in [0.25, 0.3) is 0 Å². The Balaban J connectivity index is 1.88. The standard InChI is InChI=1S/C17H17BrN2/c1-12-13(2)19-17-15(12)7-5-10-20(17)11-9-14-6-3-4-8-16(14)18/h3-8,10H,9,11H2,1-2H3. The van der Waals surface area contributed by atoms with E-state index >= 15 is 0 Å². The molecule has 2 nitrogen and oxygen atoms in total. The van der Waals surface area contributed by atoms with Crippen molar-refractivity contribution in [2.24, 2.45) is 0 Å². The first-order valence-electron chi connectivity index (χ1n) is 6.82. The van der Waals surface area contributed by atoms with Gasteiger partial charge in [-0.05, 0) is 49.6 Å². The molecule has 20 heavy (non-hydrogen) atoms. The van der Waals surface area contributed by atoms with Crippen LogP contribution in [-0.2, 0) is 13.0 Å². The number of benzene rings is 1. The highest BCUT2D eigenvalue weighted by Gasteiger charge is 2.14. The average molecular weight is 329 g/mol. The fourth-order valence-electron chi connectivity index (χ4n) is 2.52. The summed E-state index contributed by atoms with van der Waals surface area (Å²) in [7, 11) is 0. The first kappa shape index (κ1) is 13.4. The predicted molar refractivity (Wildman–Crippen MR) is 86.2 cm³/mol. The molecule has 0 N–H and O–H groups in total. The van der Waals surface area contributed by atoms with Gasteiger partial charge in [-0.25, -0.2) is 4.98 Å². The molecule has 0 amide bonds. The number of rotatable bonds is 3. The Morgan fingerprint density at radius 2 is 1.90 bits per heavy atom. The molecule has 0 aromatic heterocycles. The van der Waals surface area contributed by atoms with Crippen molar-refractivity contribution >= 4 is 15.9 Å². The number of hydrogen-bond acceptors (Lipinski definition) is 1. The summed E-state index contributed by atoms with van der Waals surface area (Å²) in [6.45, 7) is 5.16. The number of pyridine rings is 1. The van der Waals surface area contributed by atoms with Gasteiger partial charge in [0.05, 0.1) is 0 Å². The summed E-state index contributed by atoms with van der Waals surface area (Å²) in [6.07, 6.45) is 3.11. The van der Waals surface area contributed by atoms with Crippen molar-refractivity contribution in [2.75, 3.05) is 0 Å². The zero-order valence-corrected chi connectivity index (χ0v) is 13.3. The van der Waals surface area contributed by atoms with E-state index in [-0.39, 0.29) is 0 Å². The molecule has 0 aliphatic carbocycles. The van der Waals surface area contributed by atoms with E-state index in [1.54, 1.807) is 0 Å². The third-order valence-electron chi connectivity index (χ3n) is 3.84. The van der Waals surface area contributed by atoms with Gasteiger partial charge in [0, 0.05) is 28.5 Å². The molecule has 0 spiro atoms. The van der Waals surface area contributed by atoms with Crippen LogP contribution in [0.25, 0.3) is 11.4 Å². The fraction of sp³-hybridized carbons (Fsp3) is 0.235. The highest BCUT2D eigenvalue weighted by molar-refractivity contribution is 9.10. The maximum Gasteiger partial charge on any atom is 0.140 e. The van der Waals surface area contributed by atoms with Crippen LogP contribution < -0.4 is 0 Å². The molecule has 2 heterocycles. The van der Waals surface area contributed by atoms with Crippen LogP contribution >= 0.6 is 15.9 Å². The van der Waals surface area contributed by atoms with E-state index in [1.807, 2.05) is 6.07 Å². The molecular formula is C17H17BrN2. The van der Waals surface area contributed by atoms with Crippen molar-refractivity contribution in [1.29, 1.82) is 0 Å². The van der Waals surface area contributed by atoms with E-state index in [4.69, 9.17) is 4.98 Å². The molecule has 1 aromatic rings. The molecule has 0 atom stereocenters. The summed E-state index contributed by atoms with van der Waals surface area (Å²) < 4.78 is 3.42. The summed E-state index contributed by atoms with van der Waals surface area (Å²) in [6, 6.07) is 12.7. The van der Waals surface area contributed by atoms with Gasteiger partial charge >= 0.3 is 0 Å². The Morgan fingerprint density at radius 1 is 1.10 bits per heavy atom. The zero-order valence-electron chi connectivity index (χ0n) is 11.7. The molecule has 0 fully saturated rings. The van der Waals surface area contributed by atoms with Crippen molar-refractivity contribution in [3.05, 3.63) is 63.9 Å². The Hall–Kier alpha value is -1.61. The number of fused-ring (bicyclic) bond motifs is 1. The molecule has 0 radical (unpaired) electrons. The second-order valence-electron chi connectivity index (χ2n) is 5.10. The van der Waals surface area contributed by atoms with E-state index in [0.29, 0.717) is 0 Å². The van der Waals surface area contributed by atoms with Gasteiger partial charge in [-0.1, -0.05) is 34.1 Å². The fourth-order valence-corrected chi connectivity index (χ4v) is 3.00. The maximum absolute atomic E-state index is 4.70. The van der Waals surface area contributed by atoms with Crippen LogP contribution in [0, 0.1) is 13.8 Å². The monoisotopic (exact) mass is 328 g/mol. The van der Waals surface area contributed by atoms with Crippen LogP contribution in [0.4, 0.5) is 0 Å². The van der Waals surface area contributed by atoms with Crippen LogP contribution in [0.15, 0.2) is 47.1 Å². The minimum Gasteiger partial charge on any atom is -0.332 e. The lowest BCUT2D eigenvalue weighted by Crippen LogP contribution is -2.06. The molecule has 3 heteroatoms. The zero-order chi connectivity index (χ0) is 14.1. The summed E-state index contributed by atoms with van der Waals surface area (Å²) >= 11 is 3.61. The number of nitrogens with zero attached hydrogens (tertiary/aromatic N) is 2. The number of halogens is 1. The van der Waals surface area contributed by atoms with Gasteiger partial charge in [-0.2, -0.15) is 0 Å². The lowest BCUT2D eigenvalue weighted by Gasteiger charge is -2.12. The van der Waals surface area contributed by atoms with Crippen molar-refractivity contribution < 1.29 is 0 Å². The molecule has 102 valence electrons. The van der Waals surface area contributed by atoms with Crippen LogP contribution in [-0.4, -0.2) is 9.55 Å². The van der Waals surface area contributed by atoms with Crippen molar-refractivity contribution in [1.82, 2.24) is 9.55 Å². The number of aryl methyl sites for hydroxylation is 3. The number of aromatic nitrogens is 2. The summed E-state index contributed by atoms with van der Waals surface area (Å²) in [5.74, 6) is 1.09. The smallest absolute Gasteiger partial charge is 0.140 e. The Kier molecular flexibility index (Phi) is 3.62. The van der Waals surface area contributed by atoms with E-state index < -0.39 is 0 Å². The highest BCUT2D eigenvalue weighted by Crippen LogP contribution is 2.27. The van der Waals surface area contributed by atoms with Crippen molar-refractivity contribution in [3.8, 4) is 11.4 Å². The Labute approximate surface area is 127 Å². The summed E-state index contributed by atoms with van der Waals surface area (Å²) in [4.78, 5) is 4.70. The summed E-state index contributed by atoms with van der Waals surface area (Å²) in [5, 5.41) is 0. The third-order valence-corrected chi connectivity index (χ3v) is 4.62. The molecule has 0 saturated carbocycles. The molecule has 1 aromatic carbocycles. The second-order valence-corrected chi connectivity index (χ2v) is 5.96. The van der Waals surface area contributed by atoms with E-state index in [2.05, 4.69) is 70.9 Å². The predicted octanol–water partition coefficient (Wildman–Crippen LogP) is 4.61. The molecular weight excluding hydrogens is 312 g/mol. The van der Waals surface area contributed by atoms with E-state index in [9.17, 15) is 0 Å². The van der Waals surface area contributed by atoms with Crippen molar-refractivity contribution in [2.45, 2.75) is 26.8 Å². The topological polar surface area (TPSA) is 17.8 Å². The molecule has 2 aliphatic rings. The second kappa shape index (κ2) is 5.41. The molecule has 0 unspecified atom stereocenters. The van der Waals surface area contributed by atoms with Gasteiger partial charge in [0.1, 0.15) is 5.82 Å². The average Bonchev–Trinajstić information content (AvgIpc) is 2.74. The van der Waals surface area contributed by atoms with Crippen LogP contribution in [0.2, 0.25) is 0 Å². The third kappa shape index (κ3) is 2.38. The quantitative estimate of drug-likeness (QED) is 0.686. The van der Waals surface area contributed by atoms with E-state index in [0.717, 1.165) is 24.5 Å². The minimum atomic E-state index is 0.940. The van der Waals surface area contributed by atoms with Crippen molar-refractivity contribution in [3.63, 3.8) is 0 Å². The highest BCUT2D eigenvalue weighted by atomic mass is 79.9. The van der Waals surface area contributed by atoms with Gasteiger partial charge in [0.2, 0.25) is 0 Å². The normalized spacial score (nSPS) is 11.2. The van der Waals surface area contributed by atoms with Gasteiger partial charge in [-0.3, -0.25) is 0 Å². The molecule has 0 saturated heterocycles. The minimum absolute atomic E-state index is 0.940. The summed E-state index contributed by atoms with van der Waals surface area (Å²) in [5.41, 5.74) is 5.00. The molecule has 2 aliphatic heterocycles. The SMILES string of the molecule is Cc1nc2n(CCc3ccccc3Br)cccc-2c1C. The lowest BCUT2D eigenvalue weighted by molar-refractivity contribution is 0.687. The first-order valence-corrected chi connectivity index (χ1v) is 7.61. The Bertz CT molecular complexity index is 715. The van der Waals surface area contributed by atoms with Crippen LogP contribution in [0.1, 0.15) is 16.8 Å². The maximum atomic E-state index is 4.70. The van der Waals surface area contributed by atoms with Crippen LogP contribution in [0.5, 0.6) is 0 Å². The van der Waals surface area contributed by atoms with Gasteiger partial charge < -0.3 is 4.57 Å². The van der Waals surface area contributed by atoms with Crippen LogP contribution in [0.3, 0.4) is 0 Å². The lowest BCUT2D eigenvalue weighted by atomic mass is 10.1. The molecule has 0 bridgehead atoms. The van der Waals surface area contributed by atoms with Gasteiger partial charge in [0.15, 0.2) is 0 Å².